The number of carbonyl (C=O) groups excluding carboxylic acids is 1. The highest BCUT2D eigenvalue weighted by Crippen LogP contribution is 2.31. The Morgan fingerprint density at radius 3 is 2.78 bits per heavy atom. The van der Waals surface area contributed by atoms with Crippen LogP contribution in [0.3, 0.4) is 0 Å². The number of benzene rings is 1. The first-order valence-electron chi connectivity index (χ1n) is 7.52. The molecule has 1 amide bonds. The van der Waals surface area contributed by atoms with E-state index < -0.39 is 11.7 Å². The van der Waals surface area contributed by atoms with Crippen LogP contribution in [0.1, 0.15) is 27.2 Å². The summed E-state index contributed by atoms with van der Waals surface area (Å²) in [5.41, 5.74) is 0.128. The van der Waals surface area contributed by atoms with Gasteiger partial charge in [0.1, 0.15) is 11.3 Å². The smallest absolute Gasteiger partial charge is 0.433 e. The SMILES string of the molecule is CC(C)(C)OC(=O)/N=C/C1CCN(c2ccccc2[N+](=O)[O-])C1. The number of amides is 1. The first-order chi connectivity index (χ1) is 10.8. The molecule has 1 heterocycles. The zero-order valence-electron chi connectivity index (χ0n) is 13.6. The first kappa shape index (κ1) is 16.9. The van der Waals surface area contributed by atoms with Gasteiger partial charge in [0.15, 0.2) is 0 Å². The van der Waals surface area contributed by atoms with E-state index in [0.29, 0.717) is 18.8 Å². The van der Waals surface area contributed by atoms with Crippen LogP contribution in [0.2, 0.25) is 0 Å². The molecule has 2 rings (SSSR count). The van der Waals surface area contributed by atoms with Crippen LogP contribution in [-0.2, 0) is 4.74 Å². The summed E-state index contributed by atoms with van der Waals surface area (Å²) in [6, 6.07) is 6.67. The monoisotopic (exact) mass is 319 g/mol. The lowest BCUT2D eigenvalue weighted by Gasteiger charge is -2.18. The van der Waals surface area contributed by atoms with Crippen LogP contribution in [0, 0.1) is 16.0 Å². The number of nitro groups is 1. The summed E-state index contributed by atoms with van der Waals surface area (Å²) in [6.45, 7) is 6.64. The van der Waals surface area contributed by atoms with Crippen LogP contribution in [0.25, 0.3) is 0 Å². The molecule has 0 N–H and O–H groups in total. The second kappa shape index (κ2) is 6.76. The fourth-order valence-electron chi connectivity index (χ4n) is 2.47. The summed E-state index contributed by atoms with van der Waals surface area (Å²) in [5, 5.41) is 11.1. The minimum atomic E-state index is -0.610. The molecular formula is C16H21N3O4. The number of hydrogen-bond acceptors (Lipinski definition) is 5. The number of nitrogens with zero attached hydrogens (tertiary/aromatic N) is 3. The molecule has 0 aliphatic carbocycles. The molecule has 1 unspecified atom stereocenters. The molecule has 0 saturated carbocycles. The van der Waals surface area contributed by atoms with Crippen LogP contribution < -0.4 is 4.90 Å². The summed E-state index contributed by atoms with van der Waals surface area (Å²) in [7, 11) is 0. The number of nitro benzene ring substituents is 1. The maximum atomic E-state index is 11.6. The van der Waals surface area contributed by atoms with Crippen molar-refractivity contribution in [3.8, 4) is 0 Å². The molecule has 1 fully saturated rings. The van der Waals surface area contributed by atoms with Gasteiger partial charge in [0.05, 0.1) is 4.92 Å². The fourth-order valence-corrected chi connectivity index (χ4v) is 2.47. The lowest BCUT2D eigenvalue weighted by molar-refractivity contribution is -0.384. The maximum absolute atomic E-state index is 11.6. The number of para-hydroxylation sites is 2. The van der Waals surface area contributed by atoms with Gasteiger partial charge in [-0.1, -0.05) is 12.1 Å². The van der Waals surface area contributed by atoms with E-state index in [4.69, 9.17) is 4.74 Å². The molecule has 1 saturated heterocycles. The van der Waals surface area contributed by atoms with Crippen molar-refractivity contribution in [3.63, 3.8) is 0 Å². The molecule has 7 nitrogen and oxygen atoms in total. The van der Waals surface area contributed by atoms with Gasteiger partial charge in [-0.3, -0.25) is 10.1 Å². The minimum absolute atomic E-state index is 0.0716. The Kier molecular flexibility index (Phi) is 4.98. The Balaban J connectivity index is 1.99. The van der Waals surface area contributed by atoms with Crippen molar-refractivity contribution in [2.75, 3.05) is 18.0 Å². The Morgan fingerprint density at radius 2 is 2.13 bits per heavy atom. The molecular weight excluding hydrogens is 298 g/mol. The molecule has 1 atom stereocenters. The highest BCUT2D eigenvalue weighted by Gasteiger charge is 2.26. The molecule has 0 spiro atoms. The highest BCUT2D eigenvalue weighted by atomic mass is 16.6. The van der Waals surface area contributed by atoms with Crippen LogP contribution in [0.15, 0.2) is 29.3 Å². The summed E-state index contributed by atoms with van der Waals surface area (Å²) >= 11 is 0. The topological polar surface area (TPSA) is 85.0 Å². The Hall–Kier alpha value is -2.44. The van der Waals surface area contributed by atoms with Crippen molar-refractivity contribution in [2.45, 2.75) is 32.8 Å². The first-order valence-corrected chi connectivity index (χ1v) is 7.52. The van der Waals surface area contributed by atoms with Crippen molar-refractivity contribution < 1.29 is 14.5 Å². The van der Waals surface area contributed by atoms with E-state index in [1.54, 1.807) is 45.2 Å². The molecule has 1 aliphatic rings. The molecule has 1 aromatic carbocycles. The number of anilines is 1. The Bertz CT molecular complexity index is 622. The summed E-state index contributed by atoms with van der Waals surface area (Å²) in [4.78, 5) is 28.1. The number of ether oxygens (including phenoxy) is 1. The van der Waals surface area contributed by atoms with Gasteiger partial charge in [-0.05, 0) is 33.3 Å². The predicted molar refractivity (Wildman–Crippen MR) is 88.1 cm³/mol. The summed E-state index contributed by atoms with van der Waals surface area (Å²) in [5.74, 6) is 0.0716. The van der Waals surface area contributed by atoms with Crippen molar-refractivity contribution in [1.29, 1.82) is 0 Å². The standard InChI is InChI=1S/C16H21N3O4/c1-16(2,3)23-15(20)17-10-12-8-9-18(11-12)13-6-4-5-7-14(13)19(21)22/h4-7,10,12H,8-9,11H2,1-3H3/b17-10+. The Morgan fingerprint density at radius 1 is 1.43 bits per heavy atom. The summed E-state index contributed by atoms with van der Waals surface area (Å²) in [6.07, 6.45) is 1.77. The molecule has 0 radical (unpaired) electrons. The van der Waals surface area contributed by atoms with Gasteiger partial charge in [0, 0.05) is 31.3 Å². The lowest BCUT2D eigenvalue weighted by atomic mass is 10.1. The molecule has 124 valence electrons. The maximum Gasteiger partial charge on any atom is 0.433 e. The van der Waals surface area contributed by atoms with E-state index in [-0.39, 0.29) is 16.5 Å². The van der Waals surface area contributed by atoms with Crippen molar-refractivity contribution in [2.24, 2.45) is 10.9 Å². The average molecular weight is 319 g/mol. The van der Waals surface area contributed by atoms with E-state index in [2.05, 4.69) is 4.99 Å². The van der Waals surface area contributed by atoms with Crippen LogP contribution in [-0.4, -0.2) is 35.9 Å². The van der Waals surface area contributed by atoms with Gasteiger partial charge in [-0.25, -0.2) is 4.79 Å². The molecule has 23 heavy (non-hydrogen) atoms. The van der Waals surface area contributed by atoms with E-state index in [1.165, 1.54) is 6.07 Å². The minimum Gasteiger partial charge on any atom is -0.442 e. The average Bonchev–Trinajstić information content (AvgIpc) is 2.92. The van der Waals surface area contributed by atoms with Gasteiger partial charge >= 0.3 is 6.09 Å². The van der Waals surface area contributed by atoms with E-state index in [9.17, 15) is 14.9 Å². The van der Waals surface area contributed by atoms with Gasteiger partial charge in [-0.15, -0.1) is 0 Å². The highest BCUT2D eigenvalue weighted by molar-refractivity contribution is 5.81. The normalized spacial score (nSPS) is 18.4. The second-order valence-corrected chi connectivity index (χ2v) is 6.50. The third kappa shape index (κ3) is 4.77. The molecule has 7 heteroatoms. The number of rotatable bonds is 3. The molecule has 1 aliphatic heterocycles. The molecule has 0 aromatic heterocycles. The number of hydrogen-bond donors (Lipinski definition) is 0. The third-order valence-electron chi connectivity index (χ3n) is 3.43. The van der Waals surface area contributed by atoms with Crippen molar-refractivity contribution >= 4 is 23.7 Å². The molecule has 1 aromatic rings. The van der Waals surface area contributed by atoms with Crippen molar-refractivity contribution in [3.05, 3.63) is 34.4 Å². The van der Waals surface area contributed by atoms with Crippen LogP contribution in [0.4, 0.5) is 16.2 Å². The quantitative estimate of drug-likeness (QED) is 0.484. The van der Waals surface area contributed by atoms with E-state index in [1.807, 2.05) is 4.90 Å². The Labute approximate surface area is 135 Å². The van der Waals surface area contributed by atoms with Gasteiger partial charge in [0.2, 0.25) is 0 Å². The van der Waals surface area contributed by atoms with Gasteiger partial charge in [-0.2, -0.15) is 4.99 Å². The number of carbonyl (C=O) groups is 1. The zero-order chi connectivity index (χ0) is 17.0. The molecule has 0 bridgehead atoms. The van der Waals surface area contributed by atoms with Gasteiger partial charge in [0.25, 0.3) is 5.69 Å². The second-order valence-electron chi connectivity index (χ2n) is 6.50. The van der Waals surface area contributed by atoms with E-state index >= 15 is 0 Å². The largest absolute Gasteiger partial charge is 0.442 e. The lowest BCUT2D eigenvalue weighted by Crippen LogP contribution is -2.23. The zero-order valence-corrected chi connectivity index (χ0v) is 13.6. The number of aliphatic imine (C=N–C) groups is 1. The third-order valence-corrected chi connectivity index (χ3v) is 3.43. The van der Waals surface area contributed by atoms with Crippen molar-refractivity contribution in [1.82, 2.24) is 0 Å². The fraction of sp³-hybridized carbons (Fsp3) is 0.500. The van der Waals surface area contributed by atoms with Crippen LogP contribution >= 0.6 is 0 Å². The van der Waals surface area contributed by atoms with E-state index in [0.717, 1.165) is 6.42 Å². The summed E-state index contributed by atoms with van der Waals surface area (Å²) < 4.78 is 5.12. The van der Waals surface area contributed by atoms with Gasteiger partial charge < -0.3 is 9.64 Å². The van der Waals surface area contributed by atoms with Crippen LogP contribution in [0.5, 0.6) is 0 Å². The predicted octanol–water partition coefficient (Wildman–Crippen LogP) is 3.43.